The Morgan fingerprint density at radius 3 is 2.54 bits per heavy atom. The fourth-order valence-corrected chi connectivity index (χ4v) is 3.55. The van der Waals surface area contributed by atoms with Crippen LogP contribution in [0.5, 0.6) is 0 Å². The van der Waals surface area contributed by atoms with E-state index in [4.69, 9.17) is 11.6 Å². The Balaban J connectivity index is 1.54. The number of imide groups is 1. The van der Waals surface area contributed by atoms with E-state index in [0.29, 0.717) is 40.7 Å². The van der Waals surface area contributed by atoms with Gasteiger partial charge in [-0.15, -0.1) is 11.3 Å². The number of amides is 4. The maximum absolute atomic E-state index is 12.3. The highest BCUT2D eigenvalue weighted by Crippen LogP contribution is 2.24. The third-order valence-electron chi connectivity index (χ3n) is 4.22. The van der Waals surface area contributed by atoms with Crippen molar-refractivity contribution in [3.63, 3.8) is 0 Å². The van der Waals surface area contributed by atoms with Crippen LogP contribution in [0.1, 0.15) is 39.3 Å². The fraction of sp³-hybridized carbons (Fsp3) is 0.263. The average Bonchev–Trinajstić information content (AvgIpc) is 3.32. The van der Waals surface area contributed by atoms with Crippen LogP contribution in [0.4, 0.5) is 5.69 Å². The number of benzene rings is 1. The number of hydrogen-bond donors (Lipinski definition) is 2. The number of nitrogens with zero attached hydrogens (tertiary/aromatic N) is 1. The topological polar surface area (TPSA) is 95.6 Å². The van der Waals surface area contributed by atoms with Crippen LogP contribution in [-0.2, 0) is 9.59 Å². The third-order valence-corrected chi connectivity index (χ3v) is 5.42. The second-order valence-corrected chi connectivity index (χ2v) is 7.53. The number of anilines is 1. The number of thiophene rings is 1. The fourth-order valence-electron chi connectivity index (χ4n) is 2.77. The van der Waals surface area contributed by atoms with Crippen molar-refractivity contribution in [2.45, 2.75) is 19.3 Å². The Kier molecular flexibility index (Phi) is 6.43. The molecule has 1 aliphatic heterocycles. The Bertz CT molecular complexity index is 898. The quantitative estimate of drug-likeness (QED) is 0.532. The average molecular weight is 420 g/mol. The Labute approximate surface area is 170 Å². The Hall–Kier alpha value is -2.71. The summed E-state index contributed by atoms with van der Waals surface area (Å²) in [4.78, 5) is 49.4. The summed E-state index contributed by atoms with van der Waals surface area (Å²) in [6.07, 6.45) is 0.991. The smallest absolute Gasteiger partial charge is 0.265 e. The molecular weight excluding hydrogens is 402 g/mol. The molecule has 2 N–H and O–H groups in total. The molecule has 0 spiro atoms. The summed E-state index contributed by atoms with van der Waals surface area (Å²) in [6, 6.07) is 8.08. The highest BCUT2D eigenvalue weighted by atomic mass is 35.5. The van der Waals surface area contributed by atoms with E-state index in [2.05, 4.69) is 10.6 Å². The molecule has 1 aromatic carbocycles. The van der Waals surface area contributed by atoms with E-state index in [1.54, 1.807) is 29.6 Å². The molecule has 7 nitrogen and oxygen atoms in total. The first-order valence-electron chi connectivity index (χ1n) is 8.71. The number of rotatable bonds is 7. The zero-order valence-corrected chi connectivity index (χ0v) is 16.4. The molecule has 4 amide bonds. The molecule has 1 saturated heterocycles. The van der Waals surface area contributed by atoms with Gasteiger partial charge in [0.2, 0.25) is 11.8 Å². The summed E-state index contributed by atoms with van der Waals surface area (Å²) in [7, 11) is 0. The maximum Gasteiger partial charge on any atom is 0.265 e. The molecule has 1 aliphatic rings. The van der Waals surface area contributed by atoms with Gasteiger partial charge in [0.05, 0.1) is 15.6 Å². The van der Waals surface area contributed by atoms with Crippen LogP contribution in [0.15, 0.2) is 35.7 Å². The first kappa shape index (κ1) is 20.0. The van der Waals surface area contributed by atoms with E-state index in [1.165, 1.54) is 22.3 Å². The zero-order valence-electron chi connectivity index (χ0n) is 14.9. The van der Waals surface area contributed by atoms with Crippen molar-refractivity contribution < 1.29 is 19.2 Å². The lowest BCUT2D eigenvalue weighted by Crippen LogP contribution is -2.33. The van der Waals surface area contributed by atoms with E-state index in [9.17, 15) is 19.2 Å². The molecule has 1 aromatic heterocycles. The molecule has 2 aromatic rings. The number of carbonyl (C=O) groups is 4. The molecule has 1 fully saturated rings. The lowest BCUT2D eigenvalue weighted by molar-refractivity contribution is -0.138. The van der Waals surface area contributed by atoms with E-state index >= 15 is 0 Å². The minimum absolute atomic E-state index is 0.167. The van der Waals surface area contributed by atoms with E-state index < -0.39 is 0 Å². The van der Waals surface area contributed by atoms with Crippen molar-refractivity contribution in [2.24, 2.45) is 0 Å². The van der Waals surface area contributed by atoms with Gasteiger partial charge in [-0.05, 0) is 36.1 Å². The molecule has 9 heteroatoms. The van der Waals surface area contributed by atoms with Gasteiger partial charge in [-0.1, -0.05) is 17.7 Å². The molecule has 2 heterocycles. The van der Waals surface area contributed by atoms with E-state index in [1.807, 2.05) is 0 Å². The second-order valence-electron chi connectivity index (χ2n) is 6.17. The number of halogens is 1. The largest absolute Gasteiger partial charge is 0.352 e. The van der Waals surface area contributed by atoms with Crippen LogP contribution in [0.25, 0.3) is 0 Å². The van der Waals surface area contributed by atoms with Gasteiger partial charge in [0.15, 0.2) is 0 Å². The van der Waals surface area contributed by atoms with Gasteiger partial charge in [0.25, 0.3) is 11.8 Å². The van der Waals surface area contributed by atoms with Crippen molar-refractivity contribution in [1.29, 1.82) is 0 Å². The van der Waals surface area contributed by atoms with Gasteiger partial charge in [-0.2, -0.15) is 0 Å². The summed E-state index contributed by atoms with van der Waals surface area (Å²) in [6.45, 7) is 0.607. The molecule has 28 heavy (non-hydrogen) atoms. The predicted octanol–water partition coefficient (Wildman–Crippen LogP) is 2.92. The Morgan fingerprint density at radius 2 is 1.86 bits per heavy atom. The van der Waals surface area contributed by atoms with Crippen molar-refractivity contribution >= 4 is 52.3 Å². The maximum atomic E-state index is 12.3. The second kappa shape index (κ2) is 8.99. The monoisotopic (exact) mass is 419 g/mol. The van der Waals surface area contributed by atoms with E-state index in [0.717, 1.165) is 0 Å². The lowest BCUT2D eigenvalue weighted by Gasteiger charge is -2.14. The van der Waals surface area contributed by atoms with Crippen LogP contribution < -0.4 is 10.6 Å². The molecule has 0 aliphatic carbocycles. The molecule has 0 unspecified atom stereocenters. The molecular formula is C19H18ClN3O4S. The minimum atomic E-state index is -0.331. The molecule has 0 atom stereocenters. The highest BCUT2D eigenvalue weighted by molar-refractivity contribution is 7.12. The number of likely N-dealkylation sites (tertiary alicyclic amines) is 1. The van der Waals surface area contributed by atoms with Crippen LogP contribution in [-0.4, -0.2) is 41.6 Å². The number of carbonyl (C=O) groups excluding carboxylic acids is 4. The summed E-state index contributed by atoms with van der Waals surface area (Å²) in [5.41, 5.74) is 0.695. The highest BCUT2D eigenvalue weighted by Gasteiger charge is 2.27. The lowest BCUT2D eigenvalue weighted by atomic mass is 10.2. The van der Waals surface area contributed by atoms with Gasteiger partial charge in [-0.25, -0.2) is 0 Å². The van der Waals surface area contributed by atoms with Crippen LogP contribution in [0.2, 0.25) is 5.02 Å². The molecule has 146 valence electrons. The minimum Gasteiger partial charge on any atom is -0.352 e. The summed E-state index contributed by atoms with van der Waals surface area (Å²) >= 11 is 7.43. The van der Waals surface area contributed by atoms with Gasteiger partial charge >= 0.3 is 0 Å². The standard InChI is InChI=1S/C19H18ClN3O4S/c20-13-5-4-12(11-14(13)22-19(27)15-3-1-10-28-15)18(26)21-8-2-9-23-16(24)6-7-17(23)25/h1,3-5,10-11H,2,6-9H2,(H,21,26)(H,22,27). The Morgan fingerprint density at radius 1 is 1.11 bits per heavy atom. The van der Waals surface area contributed by atoms with Gasteiger partial charge in [-0.3, -0.25) is 24.1 Å². The predicted molar refractivity (Wildman–Crippen MR) is 107 cm³/mol. The molecule has 3 rings (SSSR count). The van der Waals surface area contributed by atoms with Crippen LogP contribution in [0, 0.1) is 0 Å². The van der Waals surface area contributed by atoms with Crippen LogP contribution in [0.3, 0.4) is 0 Å². The van der Waals surface area contributed by atoms with Crippen molar-refractivity contribution in [3.05, 3.63) is 51.2 Å². The van der Waals surface area contributed by atoms with Gasteiger partial charge in [0.1, 0.15) is 0 Å². The first-order chi connectivity index (χ1) is 13.5. The van der Waals surface area contributed by atoms with Crippen LogP contribution >= 0.6 is 22.9 Å². The summed E-state index contributed by atoms with van der Waals surface area (Å²) < 4.78 is 0. The van der Waals surface area contributed by atoms with Crippen molar-refractivity contribution in [1.82, 2.24) is 10.2 Å². The first-order valence-corrected chi connectivity index (χ1v) is 9.97. The van der Waals surface area contributed by atoms with Crippen molar-refractivity contribution in [2.75, 3.05) is 18.4 Å². The molecule has 0 radical (unpaired) electrons. The zero-order chi connectivity index (χ0) is 20.1. The summed E-state index contributed by atoms with van der Waals surface area (Å²) in [5.74, 6) is -0.961. The molecule has 0 bridgehead atoms. The normalized spacial score (nSPS) is 13.7. The van der Waals surface area contributed by atoms with Crippen molar-refractivity contribution in [3.8, 4) is 0 Å². The SMILES string of the molecule is O=C(NCCCN1C(=O)CCC1=O)c1ccc(Cl)c(NC(=O)c2cccs2)c1. The molecule has 0 saturated carbocycles. The van der Waals surface area contributed by atoms with Gasteiger partial charge in [0, 0.05) is 31.5 Å². The third kappa shape index (κ3) is 4.76. The number of nitrogens with one attached hydrogen (secondary N) is 2. The van der Waals surface area contributed by atoms with E-state index in [-0.39, 0.29) is 36.5 Å². The summed E-state index contributed by atoms with van der Waals surface area (Å²) in [5, 5.41) is 7.56. The van der Waals surface area contributed by atoms with Gasteiger partial charge < -0.3 is 10.6 Å². The number of hydrogen-bond acceptors (Lipinski definition) is 5.